The minimum absolute atomic E-state index is 0.539. The smallest absolute Gasteiger partial charge is 0.0978 e. The normalized spacial score (nSPS) is 17.1. The maximum atomic E-state index is 4.49. The summed E-state index contributed by atoms with van der Waals surface area (Å²) < 4.78 is 0. The summed E-state index contributed by atoms with van der Waals surface area (Å²) in [5, 5.41) is 1.11. The van der Waals surface area contributed by atoms with E-state index in [4.69, 9.17) is 0 Å². The second kappa shape index (κ2) is 5.27. The maximum Gasteiger partial charge on any atom is 0.0978 e. The van der Waals surface area contributed by atoms with Gasteiger partial charge in [0.1, 0.15) is 0 Å². The third kappa shape index (κ3) is 2.75. The molecule has 1 aromatic rings. The average molecular weight is 251 g/mol. The summed E-state index contributed by atoms with van der Waals surface area (Å²) in [6.07, 6.45) is 4.12. The van der Waals surface area contributed by atoms with Crippen LogP contribution in [0.2, 0.25) is 0 Å². The molecule has 1 aromatic heterocycles. The molecule has 0 N–H and O–H groups in total. The van der Waals surface area contributed by atoms with Gasteiger partial charge in [-0.25, -0.2) is 4.98 Å². The summed E-state index contributed by atoms with van der Waals surface area (Å²) in [6.45, 7) is 7.73. The van der Waals surface area contributed by atoms with E-state index >= 15 is 0 Å². The molecular weight excluding hydrogens is 230 g/mol. The number of nitrogens with zero attached hydrogens (tertiary/aromatic N) is 3. The van der Waals surface area contributed by atoms with Gasteiger partial charge in [0.05, 0.1) is 5.03 Å². The number of fused-ring (bicyclic) bond motifs is 1. The minimum atomic E-state index is 0.539. The number of thioether (sulfide) groups is 1. The summed E-state index contributed by atoms with van der Waals surface area (Å²) in [4.78, 5) is 9.34. The SMILES string of the molecule is CSc1cc2c(cn1)CN(C)CCN2C(C)C. The van der Waals surface area contributed by atoms with Gasteiger partial charge in [-0.05, 0) is 33.2 Å². The van der Waals surface area contributed by atoms with E-state index in [0.29, 0.717) is 6.04 Å². The van der Waals surface area contributed by atoms with Crippen LogP contribution in [-0.2, 0) is 6.54 Å². The van der Waals surface area contributed by atoms with Crippen LogP contribution in [0.15, 0.2) is 17.3 Å². The first-order valence-electron chi connectivity index (χ1n) is 6.10. The Bertz CT molecular complexity index is 392. The van der Waals surface area contributed by atoms with Crippen molar-refractivity contribution in [2.45, 2.75) is 31.5 Å². The van der Waals surface area contributed by atoms with Crippen molar-refractivity contribution in [1.29, 1.82) is 0 Å². The Balaban J connectivity index is 2.42. The van der Waals surface area contributed by atoms with Crippen LogP contribution in [0.1, 0.15) is 19.4 Å². The fourth-order valence-corrected chi connectivity index (χ4v) is 2.65. The quantitative estimate of drug-likeness (QED) is 0.752. The molecule has 0 aliphatic carbocycles. The second-order valence-corrected chi connectivity index (χ2v) is 5.71. The molecule has 2 rings (SSSR count). The van der Waals surface area contributed by atoms with E-state index in [0.717, 1.165) is 24.7 Å². The highest BCUT2D eigenvalue weighted by Crippen LogP contribution is 2.28. The molecule has 3 nitrogen and oxygen atoms in total. The molecular formula is C13H21N3S. The fraction of sp³-hybridized carbons (Fsp3) is 0.615. The van der Waals surface area contributed by atoms with Crippen LogP contribution in [-0.4, -0.2) is 42.3 Å². The fourth-order valence-electron chi connectivity index (χ4n) is 2.26. The highest BCUT2D eigenvalue weighted by molar-refractivity contribution is 7.98. The maximum absolute atomic E-state index is 4.49. The van der Waals surface area contributed by atoms with E-state index in [1.165, 1.54) is 11.3 Å². The Morgan fingerprint density at radius 3 is 2.76 bits per heavy atom. The third-order valence-electron chi connectivity index (χ3n) is 3.24. The first kappa shape index (κ1) is 12.7. The lowest BCUT2D eigenvalue weighted by atomic mass is 10.2. The van der Waals surface area contributed by atoms with Gasteiger partial charge in [-0.3, -0.25) is 0 Å². The molecule has 0 radical (unpaired) electrons. The molecule has 0 unspecified atom stereocenters. The molecule has 0 saturated carbocycles. The summed E-state index contributed by atoms with van der Waals surface area (Å²) in [6, 6.07) is 2.77. The predicted molar refractivity (Wildman–Crippen MR) is 74.8 cm³/mol. The largest absolute Gasteiger partial charge is 0.367 e. The van der Waals surface area contributed by atoms with Gasteiger partial charge in [0.2, 0.25) is 0 Å². The van der Waals surface area contributed by atoms with Crippen LogP contribution < -0.4 is 4.90 Å². The molecule has 0 spiro atoms. The molecule has 17 heavy (non-hydrogen) atoms. The van der Waals surface area contributed by atoms with Gasteiger partial charge >= 0.3 is 0 Å². The first-order chi connectivity index (χ1) is 8.11. The first-order valence-corrected chi connectivity index (χ1v) is 7.32. The monoisotopic (exact) mass is 251 g/mol. The number of likely N-dealkylation sites (N-methyl/N-ethyl adjacent to an activating group) is 1. The van der Waals surface area contributed by atoms with Crippen LogP contribution in [0.25, 0.3) is 0 Å². The van der Waals surface area contributed by atoms with Crippen molar-refractivity contribution in [3.8, 4) is 0 Å². The molecule has 1 aliphatic rings. The molecule has 94 valence electrons. The second-order valence-electron chi connectivity index (χ2n) is 4.88. The lowest BCUT2D eigenvalue weighted by molar-refractivity contribution is 0.339. The Morgan fingerprint density at radius 2 is 2.12 bits per heavy atom. The number of aromatic nitrogens is 1. The lowest BCUT2D eigenvalue weighted by Crippen LogP contribution is -2.35. The Hall–Kier alpha value is -0.740. The lowest BCUT2D eigenvalue weighted by Gasteiger charge is -2.29. The third-order valence-corrected chi connectivity index (χ3v) is 3.88. The van der Waals surface area contributed by atoms with E-state index in [1.807, 2.05) is 6.20 Å². The predicted octanol–water partition coefficient (Wildman–Crippen LogP) is 2.46. The molecule has 0 fully saturated rings. The molecule has 0 aromatic carbocycles. The van der Waals surface area contributed by atoms with Gasteiger partial charge in [0.25, 0.3) is 0 Å². The van der Waals surface area contributed by atoms with E-state index in [-0.39, 0.29) is 0 Å². The average Bonchev–Trinajstić information content (AvgIpc) is 2.46. The standard InChI is InChI=1S/C13H21N3S/c1-10(2)16-6-5-15(3)9-11-8-14-13(17-4)7-12(11)16/h7-8,10H,5-6,9H2,1-4H3. The van der Waals surface area contributed by atoms with Gasteiger partial charge < -0.3 is 9.80 Å². The summed E-state index contributed by atoms with van der Waals surface area (Å²) in [5.41, 5.74) is 2.71. The zero-order valence-electron chi connectivity index (χ0n) is 11.1. The van der Waals surface area contributed by atoms with Crippen LogP contribution in [0.3, 0.4) is 0 Å². The van der Waals surface area contributed by atoms with Crippen molar-refractivity contribution in [2.24, 2.45) is 0 Å². The Kier molecular flexibility index (Phi) is 3.94. The summed E-state index contributed by atoms with van der Waals surface area (Å²) in [5.74, 6) is 0. The van der Waals surface area contributed by atoms with Crippen LogP contribution in [0, 0.1) is 0 Å². The van der Waals surface area contributed by atoms with Crippen molar-refractivity contribution in [3.05, 3.63) is 17.8 Å². The topological polar surface area (TPSA) is 19.4 Å². The minimum Gasteiger partial charge on any atom is -0.367 e. The highest BCUT2D eigenvalue weighted by atomic mass is 32.2. The number of hydrogen-bond donors (Lipinski definition) is 0. The summed E-state index contributed by atoms with van der Waals surface area (Å²) in [7, 11) is 2.18. The van der Waals surface area contributed by atoms with Gasteiger partial charge in [-0.1, -0.05) is 0 Å². The molecule has 0 amide bonds. The zero-order chi connectivity index (χ0) is 12.4. The van der Waals surface area contributed by atoms with E-state index in [2.05, 4.69) is 48.0 Å². The molecule has 2 heterocycles. The van der Waals surface area contributed by atoms with Crippen LogP contribution in [0.5, 0.6) is 0 Å². The highest BCUT2D eigenvalue weighted by Gasteiger charge is 2.20. The van der Waals surface area contributed by atoms with Gasteiger partial charge in [0.15, 0.2) is 0 Å². The van der Waals surface area contributed by atoms with Crippen molar-refractivity contribution < 1.29 is 0 Å². The van der Waals surface area contributed by atoms with Gasteiger partial charge in [0, 0.05) is 43.1 Å². The van der Waals surface area contributed by atoms with Crippen molar-refractivity contribution in [3.63, 3.8) is 0 Å². The van der Waals surface area contributed by atoms with Gasteiger partial charge in [-0.15, -0.1) is 11.8 Å². The molecule has 4 heteroatoms. The zero-order valence-corrected chi connectivity index (χ0v) is 11.9. The van der Waals surface area contributed by atoms with Crippen LogP contribution in [0.4, 0.5) is 5.69 Å². The van der Waals surface area contributed by atoms with Gasteiger partial charge in [-0.2, -0.15) is 0 Å². The van der Waals surface area contributed by atoms with E-state index in [9.17, 15) is 0 Å². The van der Waals surface area contributed by atoms with E-state index in [1.54, 1.807) is 11.8 Å². The van der Waals surface area contributed by atoms with Crippen LogP contribution >= 0.6 is 11.8 Å². The number of hydrogen-bond acceptors (Lipinski definition) is 4. The number of pyridine rings is 1. The molecule has 1 aliphatic heterocycles. The number of rotatable bonds is 2. The molecule has 0 saturated heterocycles. The van der Waals surface area contributed by atoms with Crippen molar-refractivity contribution in [2.75, 3.05) is 31.3 Å². The molecule has 0 bridgehead atoms. The Labute approximate surface area is 108 Å². The number of anilines is 1. The van der Waals surface area contributed by atoms with Crippen molar-refractivity contribution in [1.82, 2.24) is 9.88 Å². The van der Waals surface area contributed by atoms with Crippen molar-refractivity contribution >= 4 is 17.4 Å². The molecule has 0 atom stereocenters. The van der Waals surface area contributed by atoms with E-state index < -0.39 is 0 Å². The Morgan fingerprint density at radius 1 is 1.35 bits per heavy atom. The summed E-state index contributed by atoms with van der Waals surface area (Å²) >= 11 is 1.71.